The van der Waals surface area contributed by atoms with Crippen molar-refractivity contribution < 1.29 is 22.4 Å². The summed E-state index contributed by atoms with van der Waals surface area (Å²) in [4.78, 5) is 14.6. The second-order valence-electron chi connectivity index (χ2n) is 10.00. The Balaban J connectivity index is 1.57. The molecule has 0 saturated heterocycles. The molecule has 0 atom stereocenters. The second kappa shape index (κ2) is 12.0. The molecule has 42 heavy (non-hydrogen) atoms. The van der Waals surface area contributed by atoms with Gasteiger partial charge in [-0.05, 0) is 67.8 Å². The molecule has 0 aliphatic rings. The van der Waals surface area contributed by atoms with Gasteiger partial charge in [0.15, 0.2) is 0 Å². The Labute approximate surface area is 246 Å². The van der Waals surface area contributed by atoms with Gasteiger partial charge in [0.1, 0.15) is 11.3 Å². The topological polar surface area (TPSA) is 38.1 Å². The first-order valence-corrected chi connectivity index (χ1v) is 13.9. The summed E-state index contributed by atoms with van der Waals surface area (Å²) >= 11 is 5.91. The third-order valence-electron chi connectivity index (χ3n) is 7.24. The van der Waals surface area contributed by atoms with Gasteiger partial charge in [0, 0.05) is 40.2 Å². The minimum Gasteiger partial charge on any atom is -0.339 e. The summed E-state index contributed by atoms with van der Waals surface area (Å²) in [6.07, 6.45) is -4.12. The summed E-state index contributed by atoms with van der Waals surface area (Å²) in [5.41, 5.74) is 2.67. The van der Waals surface area contributed by atoms with Gasteiger partial charge in [0.2, 0.25) is 0 Å². The lowest BCUT2D eigenvalue weighted by Gasteiger charge is -2.19. The van der Waals surface area contributed by atoms with Crippen LogP contribution >= 0.6 is 11.6 Å². The molecule has 1 aromatic heterocycles. The molecule has 4 aromatic carbocycles. The van der Waals surface area contributed by atoms with E-state index in [2.05, 4.69) is 5.10 Å². The van der Waals surface area contributed by atoms with E-state index >= 15 is 0 Å². The summed E-state index contributed by atoms with van der Waals surface area (Å²) in [5.74, 6) is -0.613. The summed E-state index contributed by atoms with van der Waals surface area (Å²) in [7, 11) is 0. The molecule has 0 unspecified atom stereocenters. The van der Waals surface area contributed by atoms with Crippen LogP contribution in [0.3, 0.4) is 0 Å². The Morgan fingerprint density at radius 1 is 0.905 bits per heavy atom. The molecule has 4 nitrogen and oxygen atoms in total. The molecule has 0 N–H and O–H groups in total. The van der Waals surface area contributed by atoms with Crippen LogP contribution in [0.25, 0.3) is 22.2 Å². The highest BCUT2D eigenvalue weighted by Gasteiger charge is 2.34. The number of halogens is 5. The third kappa shape index (κ3) is 6.04. The third-order valence-corrected chi connectivity index (χ3v) is 7.48. The standard InChI is InChI=1S/C33H28ClF4N3O/c1-3-40(4-2)32(42)24-11-6-9-22(18-24)16-21-8-5-10-23(17-21)31-27-12-7-13-28(33(36,37)38)30(27)39-41(31)20-25-14-15-26(34)19-29(25)35/h5-15,17-19H,3-4,16,20H2,1-2H3. The highest BCUT2D eigenvalue weighted by atomic mass is 35.5. The minimum absolute atomic E-state index is 0.0409. The highest BCUT2D eigenvalue weighted by molar-refractivity contribution is 6.30. The van der Waals surface area contributed by atoms with Gasteiger partial charge in [-0.25, -0.2) is 4.39 Å². The van der Waals surface area contributed by atoms with Crippen molar-refractivity contribution in [2.45, 2.75) is 33.0 Å². The highest BCUT2D eigenvalue weighted by Crippen LogP contribution is 2.38. The Hall–Kier alpha value is -4.17. The molecule has 0 saturated carbocycles. The maximum absolute atomic E-state index is 14.8. The van der Waals surface area contributed by atoms with Crippen molar-refractivity contribution in [1.82, 2.24) is 14.7 Å². The number of amides is 1. The molecule has 0 radical (unpaired) electrons. The molecule has 0 fully saturated rings. The minimum atomic E-state index is -4.61. The molecule has 0 spiro atoms. The van der Waals surface area contributed by atoms with E-state index in [1.54, 1.807) is 23.1 Å². The summed E-state index contributed by atoms with van der Waals surface area (Å²) in [6, 6.07) is 23.0. The molecular weight excluding hydrogens is 566 g/mol. The maximum Gasteiger partial charge on any atom is 0.418 e. The van der Waals surface area contributed by atoms with Crippen molar-refractivity contribution in [3.8, 4) is 11.3 Å². The number of alkyl halides is 3. The van der Waals surface area contributed by atoms with E-state index in [0.29, 0.717) is 41.7 Å². The van der Waals surface area contributed by atoms with Crippen molar-refractivity contribution in [2.24, 2.45) is 0 Å². The Morgan fingerprint density at radius 2 is 1.60 bits per heavy atom. The van der Waals surface area contributed by atoms with E-state index in [0.717, 1.165) is 17.2 Å². The van der Waals surface area contributed by atoms with Crippen molar-refractivity contribution in [3.05, 3.63) is 124 Å². The first kappa shape index (κ1) is 29.3. The van der Waals surface area contributed by atoms with Crippen molar-refractivity contribution in [2.75, 3.05) is 13.1 Å². The van der Waals surface area contributed by atoms with E-state index < -0.39 is 17.6 Å². The molecular formula is C33H28ClF4N3O. The number of aromatic nitrogens is 2. The van der Waals surface area contributed by atoms with Gasteiger partial charge in [-0.1, -0.05) is 60.1 Å². The first-order valence-electron chi connectivity index (χ1n) is 13.6. The monoisotopic (exact) mass is 593 g/mol. The fourth-order valence-corrected chi connectivity index (χ4v) is 5.34. The number of hydrogen-bond donors (Lipinski definition) is 0. The number of rotatable bonds is 8. The first-order chi connectivity index (χ1) is 20.1. The van der Waals surface area contributed by atoms with Crippen molar-refractivity contribution >= 4 is 28.4 Å². The summed E-state index contributed by atoms with van der Waals surface area (Å²) in [5, 5.41) is 4.87. The molecule has 9 heteroatoms. The van der Waals surface area contributed by atoms with Gasteiger partial charge in [-0.3, -0.25) is 9.48 Å². The molecule has 1 amide bonds. The zero-order chi connectivity index (χ0) is 30.0. The molecule has 0 aliphatic heterocycles. The van der Waals surface area contributed by atoms with Gasteiger partial charge in [-0.2, -0.15) is 18.3 Å². The number of hydrogen-bond acceptors (Lipinski definition) is 2. The Bertz CT molecular complexity index is 1760. The zero-order valence-corrected chi connectivity index (χ0v) is 23.8. The zero-order valence-electron chi connectivity index (χ0n) is 23.1. The van der Waals surface area contributed by atoms with Crippen LogP contribution in [0.2, 0.25) is 5.02 Å². The van der Waals surface area contributed by atoms with Gasteiger partial charge in [0.05, 0.1) is 17.8 Å². The van der Waals surface area contributed by atoms with Gasteiger partial charge < -0.3 is 4.90 Å². The van der Waals surface area contributed by atoms with Gasteiger partial charge >= 0.3 is 6.18 Å². The molecule has 1 heterocycles. The van der Waals surface area contributed by atoms with Gasteiger partial charge in [-0.15, -0.1) is 0 Å². The van der Waals surface area contributed by atoms with Gasteiger partial charge in [0.25, 0.3) is 5.91 Å². The quantitative estimate of drug-likeness (QED) is 0.169. The molecule has 5 rings (SSSR count). The van der Waals surface area contributed by atoms with Crippen LogP contribution in [0.5, 0.6) is 0 Å². The fraction of sp³-hybridized carbons (Fsp3) is 0.212. The average Bonchev–Trinajstić information content (AvgIpc) is 3.33. The predicted molar refractivity (Wildman–Crippen MR) is 157 cm³/mol. The number of carbonyl (C=O) groups is 1. The van der Waals surface area contributed by atoms with E-state index in [1.165, 1.54) is 28.9 Å². The largest absolute Gasteiger partial charge is 0.418 e. The number of nitrogens with zero attached hydrogens (tertiary/aromatic N) is 3. The number of carbonyl (C=O) groups excluding carboxylic acids is 1. The Kier molecular flexibility index (Phi) is 8.36. The van der Waals surface area contributed by atoms with Crippen LogP contribution in [-0.4, -0.2) is 33.7 Å². The van der Waals surface area contributed by atoms with Crippen LogP contribution in [0.4, 0.5) is 17.6 Å². The van der Waals surface area contributed by atoms with E-state index in [9.17, 15) is 22.4 Å². The average molecular weight is 594 g/mol. The number of benzene rings is 4. The fourth-order valence-electron chi connectivity index (χ4n) is 5.18. The SMILES string of the molecule is CCN(CC)C(=O)c1cccc(Cc2cccc(-c3c4cccc(C(F)(F)F)c4nn3Cc3ccc(Cl)cc3F)c2)c1. The van der Waals surface area contributed by atoms with E-state index in [4.69, 9.17) is 11.6 Å². The second-order valence-corrected chi connectivity index (χ2v) is 10.4. The van der Waals surface area contributed by atoms with Crippen molar-refractivity contribution in [1.29, 1.82) is 0 Å². The van der Waals surface area contributed by atoms with E-state index in [1.807, 2.05) is 50.2 Å². The molecule has 216 valence electrons. The lowest BCUT2D eigenvalue weighted by Crippen LogP contribution is -2.30. The van der Waals surface area contributed by atoms with Crippen LogP contribution in [0, 0.1) is 5.82 Å². The van der Waals surface area contributed by atoms with Crippen molar-refractivity contribution in [3.63, 3.8) is 0 Å². The molecule has 0 bridgehead atoms. The lowest BCUT2D eigenvalue weighted by molar-refractivity contribution is -0.136. The summed E-state index contributed by atoms with van der Waals surface area (Å²) < 4.78 is 58.0. The maximum atomic E-state index is 14.8. The Morgan fingerprint density at radius 3 is 2.29 bits per heavy atom. The number of fused-ring (bicyclic) bond motifs is 1. The smallest absolute Gasteiger partial charge is 0.339 e. The van der Waals surface area contributed by atoms with Crippen LogP contribution in [0.15, 0.2) is 84.9 Å². The van der Waals surface area contributed by atoms with Crippen LogP contribution < -0.4 is 0 Å². The van der Waals surface area contributed by atoms with Crippen LogP contribution in [-0.2, 0) is 19.1 Å². The normalized spacial score (nSPS) is 11.7. The van der Waals surface area contributed by atoms with Crippen LogP contribution in [0.1, 0.15) is 46.5 Å². The molecule has 5 aromatic rings. The summed E-state index contributed by atoms with van der Waals surface area (Å²) in [6.45, 7) is 5.00. The lowest BCUT2D eigenvalue weighted by atomic mass is 9.98. The van der Waals surface area contributed by atoms with E-state index in [-0.39, 0.29) is 28.6 Å². The predicted octanol–water partition coefficient (Wildman–Crippen LogP) is 8.64. The molecule has 0 aliphatic carbocycles.